The second kappa shape index (κ2) is 6.25. The van der Waals surface area contributed by atoms with Crippen LogP contribution in [-0.4, -0.2) is 18.8 Å². The Morgan fingerprint density at radius 3 is 2.83 bits per heavy atom. The van der Waals surface area contributed by atoms with Gasteiger partial charge in [-0.05, 0) is 18.7 Å². The average molecular weight is 265 g/mol. The fourth-order valence-corrected chi connectivity index (χ4v) is 2.87. The van der Waals surface area contributed by atoms with E-state index in [0.717, 1.165) is 30.5 Å². The van der Waals surface area contributed by atoms with E-state index in [1.807, 2.05) is 30.5 Å². The van der Waals surface area contributed by atoms with E-state index in [2.05, 4.69) is 6.92 Å². The predicted octanol–water partition coefficient (Wildman–Crippen LogP) is 3.56. The zero-order valence-corrected chi connectivity index (χ0v) is 11.7. The zero-order chi connectivity index (χ0) is 13.0. The van der Waals surface area contributed by atoms with Gasteiger partial charge in [-0.15, -0.1) is 11.8 Å². The van der Waals surface area contributed by atoms with Crippen LogP contribution < -0.4 is 5.06 Å². The number of amides is 1. The molecule has 0 saturated heterocycles. The molecule has 0 radical (unpaired) electrons. The lowest BCUT2D eigenvalue weighted by Crippen LogP contribution is -2.28. The number of thioether (sulfide) groups is 1. The summed E-state index contributed by atoms with van der Waals surface area (Å²) in [6.45, 7) is 2.76. The lowest BCUT2D eigenvalue weighted by atomic mass is 10.2. The van der Waals surface area contributed by atoms with E-state index in [4.69, 9.17) is 4.84 Å². The Morgan fingerprint density at radius 2 is 2.11 bits per heavy atom. The van der Waals surface area contributed by atoms with Gasteiger partial charge in [-0.2, -0.15) is 5.06 Å². The van der Waals surface area contributed by atoms with Gasteiger partial charge in [0.15, 0.2) is 0 Å². The first kappa shape index (κ1) is 13.4. The lowest BCUT2D eigenvalue weighted by molar-refractivity contribution is -0.124. The molecule has 1 heterocycles. The van der Waals surface area contributed by atoms with Gasteiger partial charge in [0, 0.05) is 5.56 Å². The van der Waals surface area contributed by atoms with E-state index >= 15 is 0 Å². The van der Waals surface area contributed by atoms with Crippen molar-refractivity contribution in [1.82, 2.24) is 0 Å². The van der Waals surface area contributed by atoms with E-state index in [0.29, 0.717) is 6.61 Å². The molecule has 0 saturated carbocycles. The second-order valence-electron chi connectivity index (χ2n) is 4.35. The first-order chi connectivity index (χ1) is 8.79. The number of hydrogen-bond donors (Lipinski definition) is 0. The van der Waals surface area contributed by atoms with E-state index < -0.39 is 0 Å². The number of carbonyl (C=O) groups excluding carboxylic acids is 1. The van der Waals surface area contributed by atoms with Crippen LogP contribution in [0.5, 0.6) is 0 Å². The highest BCUT2D eigenvalue weighted by Gasteiger charge is 2.37. The van der Waals surface area contributed by atoms with Gasteiger partial charge in [0.05, 0.1) is 12.3 Å². The summed E-state index contributed by atoms with van der Waals surface area (Å²) in [5.74, 6) is 0.0419. The number of nitrogens with zero attached hydrogens (tertiary/aromatic N) is 1. The van der Waals surface area contributed by atoms with Crippen LogP contribution in [0.2, 0.25) is 0 Å². The fourth-order valence-electron chi connectivity index (χ4n) is 2.12. The van der Waals surface area contributed by atoms with Gasteiger partial charge in [-0.3, -0.25) is 9.63 Å². The third-order valence-corrected chi connectivity index (χ3v) is 3.99. The molecule has 0 bridgehead atoms. The maximum absolute atomic E-state index is 12.2. The SMILES string of the molecule is CCCCCON1C(=O)C(SC)c2ccccc21. The molecule has 1 aliphatic heterocycles. The van der Waals surface area contributed by atoms with Gasteiger partial charge in [0.25, 0.3) is 5.91 Å². The predicted molar refractivity (Wildman–Crippen MR) is 75.7 cm³/mol. The summed E-state index contributed by atoms with van der Waals surface area (Å²) in [6.07, 6.45) is 5.24. The van der Waals surface area contributed by atoms with E-state index in [1.54, 1.807) is 11.8 Å². The summed E-state index contributed by atoms with van der Waals surface area (Å²) in [6, 6.07) is 7.86. The Morgan fingerprint density at radius 1 is 1.33 bits per heavy atom. The molecule has 0 N–H and O–H groups in total. The van der Waals surface area contributed by atoms with Gasteiger partial charge < -0.3 is 0 Å². The zero-order valence-electron chi connectivity index (χ0n) is 10.9. The molecule has 1 aromatic rings. The topological polar surface area (TPSA) is 29.5 Å². The Bertz CT molecular complexity index is 422. The van der Waals surface area contributed by atoms with Gasteiger partial charge in [-0.25, -0.2) is 0 Å². The number of anilines is 1. The molecule has 1 aliphatic rings. The van der Waals surface area contributed by atoms with Crippen LogP contribution in [0.1, 0.15) is 37.0 Å². The highest BCUT2D eigenvalue weighted by atomic mass is 32.2. The molecule has 0 aliphatic carbocycles. The first-order valence-corrected chi connectivity index (χ1v) is 7.67. The molecular formula is C14H19NO2S. The van der Waals surface area contributed by atoms with Crippen LogP contribution in [0.3, 0.4) is 0 Å². The van der Waals surface area contributed by atoms with Crippen molar-refractivity contribution in [2.24, 2.45) is 0 Å². The minimum atomic E-state index is -0.118. The number of rotatable bonds is 6. The summed E-state index contributed by atoms with van der Waals surface area (Å²) in [7, 11) is 0. The Kier molecular flexibility index (Phi) is 4.66. The molecule has 98 valence electrons. The number of hydroxylamine groups is 1. The third-order valence-electron chi connectivity index (χ3n) is 3.07. The number of hydrogen-bond acceptors (Lipinski definition) is 3. The minimum absolute atomic E-state index is 0.0419. The monoisotopic (exact) mass is 265 g/mol. The molecule has 18 heavy (non-hydrogen) atoms. The van der Waals surface area contributed by atoms with Crippen molar-refractivity contribution < 1.29 is 9.63 Å². The Hall–Kier alpha value is -1.00. The van der Waals surface area contributed by atoms with Gasteiger partial charge in [0.2, 0.25) is 0 Å². The normalized spacial score (nSPS) is 18.2. The average Bonchev–Trinajstić information content (AvgIpc) is 2.67. The third kappa shape index (κ3) is 2.54. The Labute approximate surface area is 112 Å². The van der Waals surface area contributed by atoms with Crippen molar-refractivity contribution in [1.29, 1.82) is 0 Å². The molecule has 1 atom stereocenters. The van der Waals surface area contributed by atoms with E-state index in [1.165, 1.54) is 5.06 Å². The highest BCUT2D eigenvalue weighted by molar-refractivity contribution is 7.99. The van der Waals surface area contributed by atoms with Crippen LogP contribution in [0, 0.1) is 0 Å². The molecule has 1 amide bonds. The lowest BCUT2D eigenvalue weighted by Gasteiger charge is -2.17. The van der Waals surface area contributed by atoms with Crippen LogP contribution in [0.4, 0.5) is 5.69 Å². The number of fused-ring (bicyclic) bond motifs is 1. The van der Waals surface area contributed by atoms with Gasteiger partial charge >= 0.3 is 0 Å². The molecule has 0 spiro atoms. The van der Waals surface area contributed by atoms with Gasteiger partial charge in [0.1, 0.15) is 5.25 Å². The maximum atomic E-state index is 12.2. The second-order valence-corrected chi connectivity index (χ2v) is 5.29. The smallest absolute Gasteiger partial charge is 0.268 e. The largest absolute Gasteiger partial charge is 0.270 e. The molecule has 4 heteroatoms. The van der Waals surface area contributed by atoms with Crippen LogP contribution in [0.25, 0.3) is 0 Å². The van der Waals surface area contributed by atoms with Crippen LogP contribution in [-0.2, 0) is 9.63 Å². The summed E-state index contributed by atoms with van der Waals surface area (Å²) >= 11 is 1.56. The van der Waals surface area contributed by atoms with Crippen molar-refractivity contribution >= 4 is 23.4 Å². The van der Waals surface area contributed by atoms with Crippen molar-refractivity contribution in [3.8, 4) is 0 Å². The maximum Gasteiger partial charge on any atom is 0.268 e. The number of unbranched alkanes of at least 4 members (excludes halogenated alkanes) is 2. The van der Waals surface area contributed by atoms with E-state index in [-0.39, 0.29) is 11.2 Å². The van der Waals surface area contributed by atoms with Crippen molar-refractivity contribution in [2.45, 2.75) is 31.4 Å². The van der Waals surface area contributed by atoms with Crippen molar-refractivity contribution in [2.75, 3.05) is 17.9 Å². The molecule has 2 rings (SSSR count). The first-order valence-electron chi connectivity index (χ1n) is 6.38. The van der Waals surface area contributed by atoms with Crippen molar-refractivity contribution in [3.05, 3.63) is 29.8 Å². The summed E-state index contributed by atoms with van der Waals surface area (Å²) in [4.78, 5) is 17.9. The van der Waals surface area contributed by atoms with E-state index in [9.17, 15) is 4.79 Å². The standard InChI is InChI=1S/C14H19NO2S/c1-3-4-7-10-17-15-12-9-6-5-8-11(12)13(18-2)14(15)16/h5-6,8-9,13H,3-4,7,10H2,1-2H3. The number of benzene rings is 1. The molecule has 0 fully saturated rings. The number of para-hydroxylation sites is 1. The quantitative estimate of drug-likeness (QED) is 0.737. The molecule has 1 unspecified atom stereocenters. The molecule has 0 aromatic heterocycles. The highest BCUT2D eigenvalue weighted by Crippen LogP contribution is 2.42. The van der Waals surface area contributed by atoms with Gasteiger partial charge in [-0.1, -0.05) is 38.0 Å². The molecule has 3 nitrogen and oxygen atoms in total. The van der Waals surface area contributed by atoms with Crippen LogP contribution >= 0.6 is 11.8 Å². The minimum Gasteiger partial charge on any atom is -0.270 e. The van der Waals surface area contributed by atoms with Crippen molar-refractivity contribution in [3.63, 3.8) is 0 Å². The molecular weight excluding hydrogens is 246 g/mol. The number of carbonyl (C=O) groups is 1. The Balaban J connectivity index is 2.09. The summed E-state index contributed by atoms with van der Waals surface area (Å²) in [5.41, 5.74) is 1.96. The summed E-state index contributed by atoms with van der Waals surface area (Å²) in [5, 5.41) is 1.36. The fraction of sp³-hybridized carbons (Fsp3) is 0.500. The van der Waals surface area contributed by atoms with Crippen LogP contribution in [0.15, 0.2) is 24.3 Å². The molecule has 1 aromatic carbocycles. The summed E-state index contributed by atoms with van der Waals surface area (Å²) < 4.78 is 0.